The number of phenolic OH excluding ortho intramolecular Hbond substituents is 1. The van der Waals surface area contributed by atoms with E-state index < -0.39 is 0 Å². The fourth-order valence-electron chi connectivity index (χ4n) is 2.37. The normalized spacial score (nSPS) is 10.3. The molecule has 5 heteroatoms. The summed E-state index contributed by atoms with van der Waals surface area (Å²) >= 11 is 5.92. The molecule has 3 aromatic rings. The third kappa shape index (κ3) is 2.83. The van der Waals surface area contributed by atoms with E-state index in [0.717, 1.165) is 5.56 Å². The summed E-state index contributed by atoms with van der Waals surface area (Å²) in [6, 6.07) is 17.8. The van der Waals surface area contributed by atoms with E-state index in [2.05, 4.69) is 11.1 Å². The third-order valence-electron chi connectivity index (χ3n) is 3.49. The molecule has 0 amide bonds. The topological polar surface area (TPSA) is 82.9 Å². The highest BCUT2D eigenvalue weighted by atomic mass is 35.5. The Bertz CT molecular complexity index is 915. The van der Waals surface area contributed by atoms with Gasteiger partial charge in [0.15, 0.2) is 0 Å². The summed E-state index contributed by atoms with van der Waals surface area (Å²) in [6.45, 7) is 0. The van der Waals surface area contributed by atoms with Crippen molar-refractivity contribution in [3.63, 3.8) is 0 Å². The first-order chi connectivity index (χ1) is 11.1. The SMILES string of the molecule is N#Cc1c(-c2ccc(Cl)cc2)cc(-c2ccccc2O)nc1N. The van der Waals surface area contributed by atoms with Gasteiger partial charge in [0, 0.05) is 16.1 Å². The maximum Gasteiger partial charge on any atom is 0.142 e. The lowest BCUT2D eigenvalue weighted by Crippen LogP contribution is -1.99. The molecule has 1 heterocycles. The summed E-state index contributed by atoms with van der Waals surface area (Å²) in [5.41, 5.74) is 8.75. The van der Waals surface area contributed by atoms with E-state index in [-0.39, 0.29) is 11.6 Å². The van der Waals surface area contributed by atoms with E-state index in [1.165, 1.54) is 0 Å². The number of phenols is 1. The van der Waals surface area contributed by atoms with Gasteiger partial charge in [0.25, 0.3) is 0 Å². The number of hydrogen-bond acceptors (Lipinski definition) is 4. The van der Waals surface area contributed by atoms with Gasteiger partial charge in [-0.15, -0.1) is 0 Å². The van der Waals surface area contributed by atoms with Crippen molar-refractivity contribution in [2.75, 3.05) is 5.73 Å². The minimum Gasteiger partial charge on any atom is -0.507 e. The standard InChI is InChI=1S/C18H12ClN3O/c19-12-7-5-11(6-8-12)14-9-16(22-18(21)15(14)10-20)13-3-1-2-4-17(13)23/h1-9,23H,(H2,21,22). The van der Waals surface area contributed by atoms with Gasteiger partial charge in [-0.1, -0.05) is 35.9 Å². The van der Waals surface area contributed by atoms with E-state index in [1.54, 1.807) is 42.5 Å². The maximum atomic E-state index is 10.0. The number of pyridine rings is 1. The minimum absolute atomic E-state index is 0.103. The Balaban J connectivity index is 2.25. The number of nitrogens with two attached hydrogens (primary N) is 1. The Morgan fingerprint density at radius 3 is 2.39 bits per heavy atom. The molecule has 0 fully saturated rings. The quantitative estimate of drug-likeness (QED) is 0.740. The van der Waals surface area contributed by atoms with Crippen LogP contribution < -0.4 is 5.73 Å². The number of nitrogens with zero attached hydrogens (tertiary/aromatic N) is 2. The molecule has 23 heavy (non-hydrogen) atoms. The Hall–Kier alpha value is -3.03. The molecule has 0 atom stereocenters. The van der Waals surface area contributed by atoms with Gasteiger partial charge in [0.1, 0.15) is 23.2 Å². The van der Waals surface area contributed by atoms with Crippen LogP contribution in [-0.2, 0) is 0 Å². The minimum atomic E-state index is 0.103. The molecule has 0 spiro atoms. The van der Waals surface area contributed by atoms with Crippen LogP contribution in [0.4, 0.5) is 5.82 Å². The maximum absolute atomic E-state index is 10.0. The second-order valence-electron chi connectivity index (χ2n) is 4.95. The van der Waals surface area contributed by atoms with Gasteiger partial charge in [-0.2, -0.15) is 5.26 Å². The van der Waals surface area contributed by atoms with Crippen molar-refractivity contribution in [1.82, 2.24) is 4.98 Å². The van der Waals surface area contributed by atoms with Crippen LogP contribution in [0.5, 0.6) is 5.75 Å². The number of halogens is 1. The predicted octanol–water partition coefficient (Wildman–Crippen LogP) is 4.23. The largest absolute Gasteiger partial charge is 0.507 e. The summed E-state index contributed by atoms with van der Waals surface area (Å²) < 4.78 is 0. The lowest BCUT2D eigenvalue weighted by Gasteiger charge is -2.11. The van der Waals surface area contributed by atoms with Crippen molar-refractivity contribution in [2.45, 2.75) is 0 Å². The molecule has 0 saturated carbocycles. The van der Waals surface area contributed by atoms with Crippen LogP contribution in [0.3, 0.4) is 0 Å². The van der Waals surface area contributed by atoms with Crippen LogP contribution in [0.1, 0.15) is 5.56 Å². The Morgan fingerprint density at radius 2 is 1.74 bits per heavy atom. The van der Waals surface area contributed by atoms with E-state index in [4.69, 9.17) is 17.3 Å². The second-order valence-corrected chi connectivity index (χ2v) is 5.39. The van der Waals surface area contributed by atoms with Crippen LogP contribution in [0.15, 0.2) is 54.6 Å². The number of anilines is 1. The van der Waals surface area contributed by atoms with Gasteiger partial charge >= 0.3 is 0 Å². The predicted molar refractivity (Wildman–Crippen MR) is 90.9 cm³/mol. The van der Waals surface area contributed by atoms with Crippen LogP contribution in [0, 0.1) is 11.3 Å². The molecule has 3 N–H and O–H groups in total. The first kappa shape index (κ1) is 14.9. The lowest BCUT2D eigenvalue weighted by atomic mass is 9.98. The highest BCUT2D eigenvalue weighted by Gasteiger charge is 2.14. The van der Waals surface area contributed by atoms with Gasteiger partial charge in [0.05, 0.1) is 5.69 Å². The molecule has 0 aliphatic rings. The van der Waals surface area contributed by atoms with Crippen molar-refractivity contribution in [3.8, 4) is 34.2 Å². The highest BCUT2D eigenvalue weighted by Crippen LogP contribution is 2.34. The van der Waals surface area contributed by atoms with Gasteiger partial charge in [0.2, 0.25) is 0 Å². The second kappa shape index (κ2) is 5.99. The highest BCUT2D eigenvalue weighted by molar-refractivity contribution is 6.30. The number of para-hydroxylation sites is 1. The van der Waals surface area contributed by atoms with Crippen molar-refractivity contribution < 1.29 is 5.11 Å². The van der Waals surface area contributed by atoms with E-state index in [1.807, 2.05) is 12.1 Å². The first-order valence-corrected chi connectivity index (χ1v) is 7.23. The summed E-state index contributed by atoms with van der Waals surface area (Å²) in [6.07, 6.45) is 0. The van der Waals surface area contributed by atoms with Crippen LogP contribution in [0.2, 0.25) is 5.02 Å². The fraction of sp³-hybridized carbons (Fsp3) is 0. The molecule has 1 aromatic heterocycles. The average Bonchev–Trinajstić information content (AvgIpc) is 2.55. The Kier molecular flexibility index (Phi) is 3.88. The number of benzene rings is 2. The van der Waals surface area contributed by atoms with Crippen molar-refractivity contribution in [2.24, 2.45) is 0 Å². The first-order valence-electron chi connectivity index (χ1n) is 6.85. The fourth-order valence-corrected chi connectivity index (χ4v) is 2.49. The number of nitrogen functional groups attached to an aromatic ring is 1. The number of hydrogen-bond donors (Lipinski definition) is 2. The van der Waals surface area contributed by atoms with Crippen molar-refractivity contribution in [3.05, 3.63) is 65.2 Å². The number of aromatic hydroxyl groups is 1. The Labute approximate surface area is 138 Å². The molecule has 4 nitrogen and oxygen atoms in total. The molecule has 2 aromatic carbocycles. The van der Waals surface area contributed by atoms with Crippen molar-refractivity contribution in [1.29, 1.82) is 5.26 Å². The van der Waals surface area contributed by atoms with Gasteiger partial charge in [-0.3, -0.25) is 0 Å². The summed E-state index contributed by atoms with van der Waals surface area (Å²) in [4.78, 5) is 4.25. The van der Waals surface area contributed by atoms with Gasteiger partial charge in [-0.25, -0.2) is 4.98 Å². The van der Waals surface area contributed by atoms with Crippen LogP contribution in [0.25, 0.3) is 22.4 Å². The molecule has 0 saturated heterocycles. The Morgan fingerprint density at radius 1 is 1.04 bits per heavy atom. The lowest BCUT2D eigenvalue weighted by molar-refractivity contribution is 0.477. The molecular formula is C18H12ClN3O. The molecule has 0 radical (unpaired) electrons. The van der Waals surface area contributed by atoms with E-state index in [9.17, 15) is 10.4 Å². The number of rotatable bonds is 2. The number of nitriles is 1. The molecule has 0 aliphatic heterocycles. The molecule has 112 valence electrons. The smallest absolute Gasteiger partial charge is 0.142 e. The summed E-state index contributed by atoms with van der Waals surface area (Å²) in [5, 5.41) is 20.0. The number of aromatic nitrogens is 1. The van der Waals surface area contributed by atoms with E-state index in [0.29, 0.717) is 27.4 Å². The monoisotopic (exact) mass is 321 g/mol. The van der Waals surface area contributed by atoms with Gasteiger partial charge < -0.3 is 10.8 Å². The zero-order chi connectivity index (χ0) is 16.4. The molecule has 0 unspecified atom stereocenters. The van der Waals surface area contributed by atoms with E-state index >= 15 is 0 Å². The zero-order valence-electron chi connectivity index (χ0n) is 12.0. The zero-order valence-corrected chi connectivity index (χ0v) is 12.7. The van der Waals surface area contributed by atoms with Crippen molar-refractivity contribution >= 4 is 17.4 Å². The van der Waals surface area contributed by atoms with Crippen LogP contribution in [-0.4, -0.2) is 10.1 Å². The molecule has 0 aliphatic carbocycles. The molecule has 3 rings (SSSR count). The van der Waals surface area contributed by atoms with Crippen LogP contribution >= 0.6 is 11.6 Å². The van der Waals surface area contributed by atoms with Gasteiger partial charge in [-0.05, 0) is 35.9 Å². The molecule has 0 bridgehead atoms. The average molecular weight is 322 g/mol. The third-order valence-corrected chi connectivity index (χ3v) is 3.75. The summed E-state index contributed by atoms with van der Waals surface area (Å²) in [7, 11) is 0. The summed E-state index contributed by atoms with van der Waals surface area (Å²) in [5.74, 6) is 0.226. The molecular weight excluding hydrogens is 310 g/mol.